The quantitative estimate of drug-likeness (QED) is 0.602. The van der Waals surface area contributed by atoms with Gasteiger partial charge >= 0.3 is 0 Å². The molecule has 0 bridgehead atoms. The Morgan fingerprint density at radius 3 is 2.35 bits per heavy atom. The Bertz CT molecular complexity index is 375. The Morgan fingerprint density at radius 2 is 1.75 bits per heavy atom. The minimum atomic E-state index is 0. The van der Waals surface area contributed by atoms with E-state index in [4.69, 9.17) is 4.74 Å². The standard InChI is InChI=1S/C16H25NOS.ClH/c1-13-5-7-16(8-6-13)19-10-4-9-17-11-14(2)18-15(3)12-17;/h5-8,14-15H,4,9-12H2,1-3H3;1H. The van der Waals surface area contributed by atoms with Crippen molar-refractivity contribution < 1.29 is 4.74 Å². The van der Waals surface area contributed by atoms with Crippen molar-refractivity contribution in [3.05, 3.63) is 29.8 Å². The minimum absolute atomic E-state index is 0. The SMILES string of the molecule is Cc1ccc(SCCCN2CC(C)OC(C)C2)cc1.Cl. The third-order valence-corrected chi connectivity index (χ3v) is 4.50. The van der Waals surface area contributed by atoms with Crippen LogP contribution >= 0.6 is 24.2 Å². The van der Waals surface area contributed by atoms with E-state index < -0.39 is 0 Å². The van der Waals surface area contributed by atoms with Crippen molar-refractivity contribution in [3.8, 4) is 0 Å². The number of nitrogens with zero attached hydrogens (tertiary/aromatic N) is 1. The molecular formula is C16H26ClNOS. The average molecular weight is 316 g/mol. The molecule has 0 N–H and O–H groups in total. The van der Waals surface area contributed by atoms with Crippen LogP contribution < -0.4 is 0 Å². The van der Waals surface area contributed by atoms with Gasteiger partial charge in [-0.05, 0) is 51.6 Å². The third-order valence-electron chi connectivity index (χ3n) is 3.40. The van der Waals surface area contributed by atoms with Gasteiger partial charge in [-0.25, -0.2) is 0 Å². The van der Waals surface area contributed by atoms with E-state index >= 15 is 0 Å². The van der Waals surface area contributed by atoms with E-state index in [1.54, 1.807) is 0 Å². The van der Waals surface area contributed by atoms with E-state index in [2.05, 4.69) is 49.9 Å². The third kappa shape index (κ3) is 6.04. The molecule has 0 aromatic heterocycles. The van der Waals surface area contributed by atoms with Gasteiger partial charge in [0.25, 0.3) is 0 Å². The van der Waals surface area contributed by atoms with Crippen molar-refractivity contribution in [2.45, 2.75) is 44.3 Å². The zero-order chi connectivity index (χ0) is 13.7. The van der Waals surface area contributed by atoms with E-state index in [0.717, 1.165) is 13.1 Å². The smallest absolute Gasteiger partial charge is 0.0678 e. The molecule has 1 aliphatic rings. The Labute approximate surface area is 133 Å². The molecule has 0 saturated carbocycles. The van der Waals surface area contributed by atoms with E-state index in [9.17, 15) is 0 Å². The molecule has 114 valence electrons. The number of morpholine rings is 1. The molecule has 1 aliphatic heterocycles. The van der Waals surface area contributed by atoms with Gasteiger partial charge < -0.3 is 4.74 Å². The maximum Gasteiger partial charge on any atom is 0.0678 e. The number of benzene rings is 1. The van der Waals surface area contributed by atoms with Crippen LogP contribution in [0.3, 0.4) is 0 Å². The summed E-state index contributed by atoms with van der Waals surface area (Å²) in [5.41, 5.74) is 1.33. The van der Waals surface area contributed by atoms with Crippen molar-refractivity contribution in [2.75, 3.05) is 25.4 Å². The summed E-state index contributed by atoms with van der Waals surface area (Å²) in [6, 6.07) is 8.82. The van der Waals surface area contributed by atoms with Crippen LogP contribution in [0.1, 0.15) is 25.8 Å². The summed E-state index contributed by atoms with van der Waals surface area (Å²) in [6.45, 7) is 9.83. The maximum absolute atomic E-state index is 5.76. The number of rotatable bonds is 5. The Hall–Kier alpha value is -0.220. The molecule has 20 heavy (non-hydrogen) atoms. The predicted octanol–water partition coefficient (Wildman–Crippen LogP) is 4.01. The van der Waals surface area contributed by atoms with Crippen LogP contribution in [0, 0.1) is 6.92 Å². The summed E-state index contributed by atoms with van der Waals surface area (Å²) in [7, 11) is 0. The van der Waals surface area contributed by atoms with E-state index in [1.165, 1.54) is 29.2 Å². The highest BCUT2D eigenvalue weighted by Crippen LogP contribution is 2.19. The largest absolute Gasteiger partial charge is 0.373 e. The predicted molar refractivity (Wildman–Crippen MR) is 90.2 cm³/mol. The van der Waals surface area contributed by atoms with Gasteiger partial charge in [0, 0.05) is 18.0 Å². The maximum atomic E-state index is 5.76. The van der Waals surface area contributed by atoms with Gasteiger partial charge in [-0.2, -0.15) is 0 Å². The molecule has 2 unspecified atom stereocenters. The number of hydrogen-bond acceptors (Lipinski definition) is 3. The molecule has 0 amide bonds. The molecule has 1 aromatic rings. The minimum Gasteiger partial charge on any atom is -0.373 e. The number of halogens is 1. The zero-order valence-electron chi connectivity index (χ0n) is 12.7. The van der Waals surface area contributed by atoms with Crippen molar-refractivity contribution >= 4 is 24.2 Å². The fourth-order valence-corrected chi connectivity index (χ4v) is 3.42. The van der Waals surface area contributed by atoms with Gasteiger partial charge in [0.05, 0.1) is 12.2 Å². The van der Waals surface area contributed by atoms with E-state index in [-0.39, 0.29) is 12.4 Å². The van der Waals surface area contributed by atoms with Gasteiger partial charge in [0.1, 0.15) is 0 Å². The first-order valence-electron chi connectivity index (χ1n) is 7.21. The number of aryl methyl sites for hydroxylation is 1. The fraction of sp³-hybridized carbons (Fsp3) is 0.625. The normalized spacial score (nSPS) is 23.4. The Morgan fingerprint density at radius 1 is 1.15 bits per heavy atom. The molecule has 2 rings (SSSR count). The summed E-state index contributed by atoms with van der Waals surface area (Å²) in [6.07, 6.45) is 2.01. The number of ether oxygens (including phenoxy) is 1. The molecular weight excluding hydrogens is 290 g/mol. The first-order valence-corrected chi connectivity index (χ1v) is 8.19. The lowest BCUT2D eigenvalue weighted by atomic mass is 10.2. The highest BCUT2D eigenvalue weighted by molar-refractivity contribution is 7.99. The van der Waals surface area contributed by atoms with Crippen molar-refractivity contribution in [1.82, 2.24) is 4.90 Å². The van der Waals surface area contributed by atoms with Crippen LogP contribution in [0.25, 0.3) is 0 Å². The second-order valence-electron chi connectivity index (χ2n) is 5.53. The molecule has 1 aromatic carbocycles. The highest BCUT2D eigenvalue weighted by atomic mass is 35.5. The molecule has 0 spiro atoms. The molecule has 4 heteroatoms. The fourth-order valence-electron chi connectivity index (χ4n) is 2.58. The first-order chi connectivity index (χ1) is 9.13. The Kier molecular flexibility index (Phi) is 7.96. The van der Waals surface area contributed by atoms with Crippen LogP contribution in [0.15, 0.2) is 29.2 Å². The number of hydrogen-bond donors (Lipinski definition) is 0. The molecule has 0 radical (unpaired) electrons. The summed E-state index contributed by atoms with van der Waals surface area (Å²) in [5, 5.41) is 0. The van der Waals surface area contributed by atoms with Gasteiger partial charge in [0.2, 0.25) is 0 Å². The second kappa shape index (κ2) is 8.93. The van der Waals surface area contributed by atoms with Crippen LogP contribution in [0.4, 0.5) is 0 Å². The summed E-state index contributed by atoms with van der Waals surface area (Å²) in [4.78, 5) is 3.92. The number of thioether (sulfide) groups is 1. The van der Waals surface area contributed by atoms with Crippen molar-refractivity contribution in [1.29, 1.82) is 0 Å². The van der Waals surface area contributed by atoms with Crippen LogP contribution in [-0.2, 0) is 4.74 Å². The molecule has 2 atom stereocenters. The summed E-state index contributed by atoms with van der Waals surface area (Å²) in [5.74, 6) is 1.20. The molecule has 1 heterocycles. The summed E-state index contributed by atoms with van der Waals surface area (Å²) < 4.78 is 5.76. The monoisotopic (exact) mass is 315 g/mol. The molecule has 2 nitrogen and oxygen atoms in total. The van der Waals surface area contributed by atoms with E-state index in [0.29, 0.717) is 12.2 Å². The molecule has 0 aliphatic carbocycles. The zero-order valence-corrected chi connectivity index (χ0v) is 14.3. The Balaban J connectivity index is 0.00000200. The van der Waals surface area contributed by atoms with Crippen LogP contribution in [0.5, 0.6) is 0 Å². The topological polar surface area (TPSA) is 12.5 Å². The first kappa shape index (κ1) is 17.8. The van der Waals surface area contributed by atoms with Crippen molar-refractivity contribution in [2.24, 2.45) is 0 Å². The van der Waals surface area contributed by atoms with Crippen LogP contribution in [0.2, 0.25) is 0 Å². The van der Waals surface area contributed by atoms with Gasteiger partial charge in [0.15, 0.2) is 0 Å². The lowest BCUT2D eigenvalue weighted by Crippen LogP contribution is -2.45. The highest BCUT2D eigenvalue weighted by Gasteiger charge is 2.21. The molecule has 1 saturated heterocycles. The van der Waals surface area contributed by atoms with Gasteiger partial charge in [-0.3, -0.25) is 4.90 Å². The lowest BCUT2D eigenvalue weighted by Gasteiger charge is -2.35. The average Bonchev–Trinajstić information content (AvgIpc) is 2.36. The van der Waals surface area contributed by atoms with Gasteiger partial charge in [-0.1, -0.05) is 17.7 Å². The molecule has 1 fully saturated rings. The van der Waals surface area contributed by atoms with E-state index in [1.807, 2.05) is 11.8 Å². The lowest BCUT2D eigenvalue weighted by molar-refractivity contribution is -0.0677. The van der Waals surface area contributed by atoms with Gasteiger partial charge in [-0.15, -0.1) is 24.2 Å². The summed E-state index contributed by atoms with van der Waals surface area (Å²) >= 11 is 1.96. The van der Waals surface area contributed by atoms with Crippen molar-refractivity contribution in [3.63, 3.8) is 0 Å². The second-order valence-corrected chi connectivity index (χ2v) is 6.70. The van der Waals surface area contributed by atoms with Crippen LogP contribution in [-0.4, -0.2) is 42.5 Å².